The Kier molecular flexibility index (Phi) is 3.72. The number of anilines is 2. The zero-order valence-corrected chi connectivity index (χ0v) is 11.3. The molecule has 1 aromatic heterocycles. The number of ketones is 1. The Morgan fingerprint density at radius 3 is 3.00 bits per heavy atom. The monoisotopic (exact) mass is 252 g/mol. The fraction of sp³-hybridized carbons (Fsp3) is 0.615. The first-order valence-electron chi connectivity index (χ1n) is 6.27. The Balaban J connectivity index is 2.16. The highest BCUT2D eigenvalue weighted by Crippen LogP contribution is 2.35. The first-order valence-corrected chi connectivity index (χ1v) is 7.08. The number of nitrogens with zero attached hydrogens (tertiary/aromatic N) is 1. The van der Waals surface area contributed by atoms with E-state index in [0.29, 0.717) is 10.6 Å². The molecule has 1 fully saturated rings. The van der Waals surface area contributed by atoms with E-state index in [1.54, 1.807) is 6.92 Å². The van der Waals surface area contributed by atoms with Crippen LogP contribution < -0.4 is 10.6 Å². The standard InChI is InChI=1S/C13H20N2OS/c1-3-10-5-4-6-15(8-10)12-7-11(14)13(17-12)9(2)16/h7,10H,3-6,8,14H2,1-2H3. The third-order valence-electron chi connectivity index (χ3n) is 3.48. The summed E-state index contributed by atoms with van der Waals surface area (Å²) in [5, 5.41) is 1.16. The quantitative estimate of drug-likeness (QED) is 0.841. The maximum absolute atomic E-state index is 11.4. The molecule has 1 aromatic rings. The van der Waals surface area contributed by atoms with Crippen LogP contribution in [0.4, 0.5) is 10.7 Å². The molecule has 17 heavy (non-hydrogen) atoms. The summed E-state index contributed by atoms with van der Waals surface area (Å²) in [5.41, 5.74) is 6.51. The summed E-state index contributed by atoms with van der Waals surface area (Å²) >= 11 is 1.54. The van der Waals surface area contributed by atoms with Crippen molar-refractivity contribution in [3.8, 4) is 0 Å². The van der Waals surface area contributed by atoms with E-state index in [1.165, 1.54) is 30.6 Å². The molecule has 1 aliphatic rings. The van der Waals surface area contributed by atoms with Crippen LogP contribution in [0, 0.1) is 5.92 Å². The highest BCUT2D eigenvalue weighted by Gasteiger charge is 2.21. The third-order valence-corrected chi connectivity index (χ3v) is 4.79. The van der Waals surface area contributed by atoms with Gasteiger partial charge in [-0.2, -0.15) is 0 Å². The van der Waals surface area contributed by atoms with Gasteiger partial charge in [0.25, 0.3) is 0 Å². The van der Waals surface area contributed by atoms with Crippen molar-refractivity contribution in [2.75, 3.05) is 23.7 Å². The van der Waals surface area contributed by atoms with Crippen LogP contribution in [0.2, 0.25) is 0 Å². The van der Waals surface area contributed by atoms with Crippen molar-refractivity contribution >= 4 is 27.8 Å². The molecule has 1 atom stereocenters. The summed E-state index contributed by atoms with van der Waals surface area (Å²) in [7, 11) is 0. The fourth-order valence-corrected chi connectivity index (χ4v) is 3.43. The van der Waals surface area contributed by atoms with Gasteiger partial charge in [0.2, 0.25) is 0 Å². The summed E-state index contributed by atoms with van der Waals surface area (Å²) in [6, 6.07) is 1.96. The predicted octanol–water partition coefficient (Wildman–Crippen LogP) is 3.16. The van der Waals surface area contributed by atoms with Crippen molar-refractivity contribution in [2.45, 2.75) is 33.1 Å². The lowest BCUT2D eigenvalue weighted by molar-refractivity contribution is 0.102. The summed E-state index contributed by atoms with van der Waals surface area (Å²) in [6.07, 6.45) is 3.80. The molecule has 2 N–H and O–H groups in total. The molecule has 2 rings (SSSR count). The molecule has 4 heteroatoms. The summed E-state index contributed by atoms with van der Waals surface area (Å²) < 4.78 is 0. The zero-order valence-electron chi connectivity index (χ0n) is 10.5. The van der Waals surface area contributed by atoms with Gasteiger partial charge < -0.3 is 10.6 Å². The highest BCUT2D eigenvalue weighted by atomic mass is 32.1. The topological polar surface area (TPSA) is 46.3 Å². The van der Waals surface area contributed by atoms with Gasteiger partial charge in [-0.05, 0) is 24.8 Å². The number of hydrogen-bond acceptors (Lipinski definition) is 4. The third kappa shape index (κ3) is 2.63. The minimum absolute atomic E-state index is 0.0720. The van der Waals surface area contributed by atoms with Gasteiger partial charge in [0.05, 0.1) is 15.6 Å². The van der Waals surface area contributed by atoms with Crippen LogP contribution in [0.5, 0.6) is 0 Å². The molecule has 0 saturated carbocycles. The largest absolute Gasteiger partial charge is 0.397 e. The number of carbonyl (C=O) groups is 1. The van der Waals surface area contributed by atoms with Crippen molar-refractivity contribution in [2.24, 2.45) is 5.92 Å². The summed E-state index contributed by atoms with van der Waals surface area (Å²) in [5.74, 6) is 0.857. The SMILES string of the molecule is CCC1CCCN(c2cc(N)c(C(C)=O)s2)C1. The van der Waals surface area contributed by atoms with Gasteiger partial charge in [-0.3, -0.25) is 4.79 Å². The van der Waals surface area contributed by atoms with Crippen molar-refractivity contribution in [1.29, 1.82) is 0 Å². The van der Waals surface area contributed by atoms with Crippen LogP contribution in [-0.2, 0) is 0 Å². The molecule has 1 unspecified atom stereocenters. The molecular formula is C13H20N2OS. The van der Waals surface area contributed by atoms with Crippen LogP contribution in [0.15, 0.2) is 6.07 Å². The lowest BCUT2D eigenvalue weighted by Crippen LogP contribution is -2.34. The van der Waals surface area contributed by atoms with Gasteiger partial charge in [0, 0.05) is 20.0 Å². The minimum atomic E-state index is 0.0720. The maximum atomic E-state index is 11.4. The molecule has 2 heterocycles. The number of hydrogen-bond donors (Lipinski definition) is 1. The summed E-state index contributed by atoms with van der Waals surface area (Å²) in [6.45, 7) is 6.02. The van der Waals surface area contributed by atoms with E-state index in [0.717, 1.165) is 24.0 Å². The van der Waals surface area contributed by atoms with E-state index in [4.69, 9.17) is 5.73 Å². The number of rotatable bonds is 3. The highest BCUT2D eigenvalue weighted by molar-refractivity contribution is 7.18. The second-order valence-electron chi connectivity index (χ2n) is 4.79. The lowest BCUT2D eigenvalue weighted by atomic mass is 9.96. The Morgan fingerprint density at radius 1 is 1.65 bits per heavy atom. The maximum Gasteiger partial charge on any atom is 0.171 e. The molecule has 0 bridgehead atoms. The predicted molar refractivity (Wildman–Crippen MR) is 74.0 cm³/mol. The Morgan fingerprint density at radius 2 is 2.41 bits per heavy atom. The number of piperidine rings is 1. The van der Waals surface area contributed by atoms with Gasteiger partial charge in [0.15, 0.2) is 5.78 Å². The van der Waals surface area contributed by atoms with Gasteiger partial charge in [-0.1, -0.05) is 13.3 Å². The molecule has 0 spiro atoms. The molecular weight excluding hydrogens is 232 g/mol. The zero-order chi connectivity index (χ0) is 12.4. The van der Waals surface area contributed by atoms with Crippen molar-refractivity contribution in [3.63, 3.8) is 0 Å². The van der Waals surface area contributed by atoms with Crippen molar-refractivity contribution < 1.29 is 4.79 Å². The average molecular weight is 252 g/mol. The number of nitrogen functional groups attached to an aromatic ring is 1. The van der Waals surface area contributed by atoms with E-state index < -0.39 is 0 Å². The second kappa shape index (κ2) is 5.08. The van der Waals surface area contributed by atoms with Crippen molar-refractivity contribution in [1.82, 2.24) is 0 Å². The van der Waals surface area contributed by atoms with Crippen LogP contribution in [0.1, 0.15) is 42.8 Å². The molecule has 94 valence electrons. The van der Waals surface area contributed by atoms with Gasteiger partial charge in [-0.15, -0.1) is 11.3 Å². The Hall–Kier alpha value is -1.03. The second-order valence-corrected chi connectivity index (χ2v) is 5.82. The number of thiophene rings is 1. The van der Waals surface area contributed by atoms with Gasteiger partial charge in [-0.25, -0.2) is 0 Å². The van der Waals surface area contributed by atoms with Crippen LogP contribution in [0.3, 0.4) is 0 Å². The molecule has 1 saturated heterocycles. The van der Waals surface area contributed by atoms with E-state index in [2.05, 4.69) is 11.8 Å². The van der Waals surface area contributed by atoms with Crippen LogP contribution in [0.25, 0.3) is 0 Å². The Labute approximate surface area is 107 Å². The molecule has 0 aromatic carbocycles. The Bertz CT molecular complexity index is 414. The molecule has 1 aliphatic heterocycles. The minimum Gasteiger partial charge on any atom is -0.397 e. The van der Waals surface area contributed by atoms with E-state index >= 15 is 0 Å². The molecule has 3 nitrogen and oxygen atoms in total. The number of nitrogens with two attached hydrogens (primary N) is 1. The average Bonchev–Trinajstić information content (AvgIpc) is 2.71. The van der Waals surface area contributed by atoms with Gasteiger partial charge >= 0.3 is 0 Å². The van der Waals surface area contributed by atoms with Crippen LogP contribution in [-0.4, -0.2) is 18.9 Å². The first kappa shape index (κ1) is 12.4. The fourth-order valence-electron chi connectivity index (χ4n) is 2.42. The van der Waals surface area contributed by atoms with Gasteiger partial charge in [0.1, 0.15) is 0 Å². The van der Waals surface area contributed by atoms with E-state index in [9.17, 15) is 4.79 Å². The number of carbonyl (C=O) groups excluding carboxylic acids is 1. The lowest BCUT2D eigenvalue weighted by Gasteiger charge is -2.32. The smallest absolute Gasteiger partial charge is 0.171 e. The molecule has 0 amide bonds. The van der Waals surface area contributed by atoms with Crippen molar-refractivity contribution in [3.05, 3.63) is 10.9 Å². The van der Waals surface area contributed by atoms with E-state index in [1.807, 2.05) is 6.07 Å². The van der Waals surface area contributed by atoms with Crippen LogP contribution >= 0.6 is 11.3 Å². The van der Waals surface area contributed by atoms with E-state index in [-0.39, 0.29) is 5.78 Å². The summed E-state index contributed by atoms with van der Waals surface area (Å²) in [4.78, 5) is 14.5. The molecule has 0 aliphatic carbocycles. The number of Topliss-reactive ketones (excluding diaryl/α,β-unsaturated/α-hetero) is 1. The normalized spacial score (nSPS) is 20.6. The molecule has 0 radical (unpaired) electrons. The first-order chi connectivity index (χ1) is 8.11.